The average Bonchev–Trinajstić information content (AvgIpc) is 3.22. The Balaban J connectivity index is 1.54. The van der Waals surface area contributed by atoms with Crippen LogP contribution in [0.5, 0.6) is 5.75 Å². The molecular formula is C20H23FN6O. The quantitative estimate of drug-likeness (QED) is 0.688. The molecule has 1 saturated heterocycles. The van der Waals surface area contributed by atoms with Gasteiger partial charge in [-0.1, -0.05) is 0 Å². The lowest BCUT2D eigenvalue weighted by Gasteiger charge is -2.24. The largest absolute Gasteiger partial charge is 0.441 e. The van der Waals surface area contributed by atoms with E-state index in [1.165, 1.54) is 12.5 Å². The van der Waals surface area contributed by atoms with Gasteiger partial charge in [0, 0.05) is 36.2 Å². The zero-order chi connectivity index (χ0) is 19.3. The van der Waals surface area contributed by atoms with Crippen LogP contribution in [0.3, 0.4) is 0 Å². The molecule has 2 aromatic rings. The van der Waals surface area contributed by atoms with Crippen molar-refractivity contribution >= 4 is 17.8 Å². The molecule has 1 aromatic heterocycles. The highest BCUT2D eigenvalue weighted by Crippen LogP contribution is 2.23. The van der Waals surface area contributed by atoms with Crippen molar-refractivity contribution in [1.82, 2.24) is 15.6 Å². The fourth-order valence-corrected chi connectivity index (χ4v) is 3.28. The predicted octanol–water partition coefficient (Wildman–Crippen LogP) is 2.07. The summed E-state index contributed by atoms with van der Waals surface area (Å²) in [5.41, 5.74) is 6.98. The molecule has 7 nitrogen and oxygen atoms in total. The zero-order valence-electron chi connectivity index (χ0n) is 15.4. The van der Waals surface area contributed by atoms with Gasteiger partial charge >= 0.3 is 0 Å². The van der Waals surface area contributed by atoms with Gasteiger partial charge in [-0.2, -0.15) is 0 Å². The first-order valence-corrected chi connectivity index (χ1v) is 9.39. The molecule has 0 aliphatic carbocycles. The molecule has 0 spiro atoms. The number of anilines is 1. The maximum Gasteiger partial charge on any atom is 0.215 e. The minimum absolute atomic E-state index is 0.266. The van der Waals surface area contributed by atoms with E-state index < -0.39 is 12.0 Å². The molecule has 2 aliphatic rings. The Morgan fingerprint density at radius 1 is 1.25 bits per heavy atom. The molecule has 1 aromatic carbocycles. The van der Waals surface area contributed by atoms with Crippen molar-refractivity contribution < 1.29 is 9.13 Å². The minimum Gasteiger partial charge on any atom is -0.441 e. The number of nitrogens with one attached hydrogen (secondary N) is 2. The Hall–Kier alpha value is -2.84. The Morgan fingerprint density at radius 2 is 2.11 bits per heavy atom. The molecule has 8 heteroatoms. The van der Waals surface area contributed by atoms with Crippen molar-refractivity contribution in [2.75, 3.05) is 18.8 Å². The summed E-state index contributed by atoms with van der Waals surface area (Å²) in [5, 5.41) is 6.90. The van der Waals surface area contributed by atoms with Gasteiger partial charge in [-0.3, -0.25) is 15.3 Å². The van der Waals surface area contributed by atoms with Crippen LogP contribution in [0.15, 0.2) is 52.7 Å². The van der Waals surface area contributed by atoms with Gasteiger partial charge < -0.3 is 15.8 Å². The van der Waals surface area contributed by atoms with Crippen LogP contribution in [0.4, 0.5) is 10.1 Å². The van der Waals surface area contributed by atoms with E-state index in [1.54, 1.807) is 36.7 Å². The lowest BCUT2D eigenvalue weighted by Crippen LogP contribution is -2.47. The average molecular weight is 382 g/mol. The highest BCUT2D eigenvalue weighted by Gasteiger charge is 2.25. The summed E-state index contributed by atoms with van der Waals surface area (Å²) in [5.74, 6) is 0.689. The molecule has 2 aliphatic heterocycles. The van der Waals surface area contributed by atoms with E-state index in [4.69, 9.17) is 10.5 Å². The molecular weight excluding hydrogens is 359 g/mol. The number of pyridine rings is 1. The van der Waals surface area contributed by atoms with Crippen LogP contribution in [0.1, 0.15) is 24.6 Å². The topological polar surface area (TPSA) is 96.9 Å². The second kappa shape index (κ2) is 8.45. The summed E-state index contributed by atoms with van der Waals surface area (Å²) >= 11 is 0. The van der Waals surface area contributed by atoms with Crippen LogP contribution < -0.4 is 21.1 Å². The van der Waals surface area contributed by atoms with Crippen LogP contribution in [-0.4, -0.2) is 42.3 Å². The SMILES string of the molecule is Nc1ccc(OC2=NC(c3cncc(F)c3)N=CC2NCC2CCCN2)cc1. The number of halogens is 1. The second-order valence-corrected chi connectivity index (χ2v) is 6.93. The first-order valence-electron chi connectivity index (χ1n) is 9.39. The molecule has 28 heavy (non-hydrogen) atoms. The van der Waals surface area contributed by atoms with Gasteiger partial charge in [0.05, 0.1) is 6.20 Å². The van der Waals surface area contributed by atoms with E-state index in [1.807, 2.05) is 0 Å². The summed E-state index contributed by atoms with van der Waals surface area (Å²) in [6.45, 7) is 1.83. The normalized spacial score (nSPS) is 24.2. The summed E-state index contributed by atoms with van der Waals surface area (Å²) in [4.78, 5) is 13.0. The third-order valence-corrected chi connectivity index (χ3v) is 4.77. The maximum absolute atomic E-state index is 13.5. The lowest BCUT2D eigenvalue weighted by atomic mass is 10.1. The van der Waals surface area contributed by atoms with Gasteiger partial charge in [-0.15, -0.1) is 0 Å². The summed E-state index contributed by atoms with van der Waals surface area (Å²) in [6.07, 6.45) is 6.22. The summed E-state index contributed by atoms with van der Waals surface area (Å²) in [7, 11) is 0. The fourth-order valence-electron chi connectivity index (χ4n) is 3.28. The Labute approximate surface area is 162 Å². The van der Waals surface area contributed by atoms with Crippen molar-refractivity contribution in [2.24, 2.45) is 9.98 Å². The van der Waals surface area contributed by atoms with E-state index in [9.17, 15) is 4.39 Å². The number of benzene rings is 1. The van der Waals surface area contributed by atoms with Crippen molar-refractivity contribution in [3.05, 3.63) is 54.1 Å². The minimum atomic E-state index is -0.588. The molecule has 4 rings (SSSR count). The molecule has 0 saturated carbocycles. The number of ether oxygens (including phenoxy) is 1. The van der Waals surface area contributed by atoms with E-state index >= 15 is 0 Å². The third-order valence-electron chi connectivity index (χ3n) is 4.77. The molecule has 0 amide bonds. The van der Waals surface area contributed by atoms with Crippen LogP contribution in [0, 0.1) is 5.82 Å². The molecule has 4 N–H and O–H groups in total. The number of nitrogen functional groups attached to an aromatic ring is 1. The van der Waals surface area contributed by atoms with Gasteiger partial charge in [-0.05, 0) is 49.7 Å². The molecule has 146 valence electrons. The van der Waals surface area contributed by atoms with Crippen LogP contribution in [0.2, 0.25) is 0 Å². The Kier molecular flexibility index (Phi) is 5.59. The van der Waals surface area contributed by atoms with Crippen LogP contribution in [0.25, 0.3) is 0 Å². The highest BCUT2D eigenvalue weighted by molar-refractivity contribution is 6.00. The smallest absolute Gasteiger partial charge is 0.215 e. The van der Waals surface area contributed by atoms with Gasteiger partial charge in [0.25, 0.3) is 0 Å². The Bertz CT molecular complexity index is 863. The van der Waals surface area contributed by atoms with Gasteiger partial charge in [0.2, 0.25) is 5.90 Å². The number of rotatable bonds is 5. The number of aliphatic imine (C=N–C) groups is 2. The molecule has 3 atom stereocenters. The monoisotopic (exact) mass is 382 g/mol. The van der Waals surface area contributed by atoms with Crippen molar-refractivity contribution in [2.45, 2.75) is 31.1 Å². The lowest BCUT2D eigenvalue weighted by molar-refractivity contribution is 0.477. The van der Waals surface area contributed by atoms with Gasteiger partial charge in [0.1, 0.15) is 17.6 Å². The first-order chi connectivity index (χ1) is 13.7. The number of aromatic nitrogens is 1. The predicted molar refractivity (Wildman–Crippen MR) is 107 cm³/mol. The van der Waals surface area contributed by atoms with E-state index in [-0.39, 0.29) is 6.04 Å². The van der Waals surface area contributed by atoms with Crippen molar-refractivity contribution in [1.29, 1.82) is 0 Å². The van der Waals surface area contributed by atoms with Gasteiger partial charge in [0.15, 0.2) is 6.17 Å². The van der Waals surface area contributed by atoms with Crippen molar-refractivity contribution in [3.63, 3.8) is 0 Å². The van der Waals surface area contributed by atoms with Gasteiger partial charge in [-0.25, -0.2) is 9.38 Å². The summed E-state index contributed by atoms with van der Waals surface area (Å²) in [6, 6.07) is 8.66. The molecule has 0 bridgehead atoms. The first kappa shape index (κ1) is 18.5. The number of nitrogens with two attached hydrogens (primary N) is 1. The fraction of sp³-hybridized carbons (Fsp3) is 0.350. The number of hydrogen-bond donors (Lipinski definition) is 3. The molecule has 1 fully saturated rings. The molecule has 3 unspecified atom stereocenters. The molecule has 0 radical (unpaired) electrons. The third kappa shape index (κ3) is 4.52. The maximum atomic E-state index is 13.5. The van der Waals surface area contributed by atoms with E-state index in [0.29, 0.717) is 28.9 Å². The Morgan fingerprint density at radius 3 is 2.86 bits per heavy atom. The number of nitrogens with zero attached hydrogens (tertiary/aromatic N) is 3. The summed E-state index contributed by atoms with van der Waals surface area (Å²) < 4.78 is 19.6. The van der Waals surface area contributed by atoms with Crippen LogP contribution >= 0.6 is 0 Å². The second-order valence-electron chi connectivity index (χ2n) is 6.93. The number of hydrogen-bond acceptors (Lipinski definition) is 7. The standard InChI is InChI=1S/C20H23FN6O/c21-14-8-13(9-23-10-14)19-26-12-18(25-11-16-2-1-7-24-16)20(27-19)28-17-5-3-15(22)4-6-17/h3-6,8-10,12,16,18-19,24-25H,1-2,7,11,22H2. The van der Waals surface area contributed by atoms with Crippen LogP contribution in [-0.2, 0) is 0 Å². The van der Waals surface area contributed by atoms with E-state index in [2.05, 4.69) is 25.6 Å². The molecule has 3 heterocycles. The zero-order valence-corrected chi connectivity index (χ0v) is 15.4. The highest BCUT2D eigenvalue weighted by atomic mass is 19.1. The van der Waals surface area contributed by atoms with E-state index in [0.717, 1.165) is 25.7 Å². The van der Waals surface area contributed by atoms with Crippen molar-refractivity contribution in [3.8, 4) is 5.75 Å².